The van der Waals surface area contributed by atoms with Crippen molar-refractivity contribution in [3.05, 3.63) is 36.2 Å². The second-order valence-corrected chi connectivity index (χ2v) is 6.44. The van der Waals surface area contributed by atoms with Gasteiger partial charge in [0.05, 0.1) is 13.2 Å². The van der Waals surface area contributed by atoms with Crippen molar-refractivity contribution in [2.24, 2.45) is 5.92 Å². The Labute approximate surface area is 146 Å². The summed E-state index contributed by atoms with van der Waals surface area (Å²) in [6, 6.07) is 9.89. The maximum Gasteiger partial charge on any atom is 0.228 e. The number of rotatable bonds is 3. The summed E-state index contributed by atoms with van der Waals surface area (Å²) in [5.41, 5.74) is 0.463. The minimum absolute atomic E-state index is 0.366. The maximum absolute atomic E-state index is 9.11. The zero-order chi connectivity index (χ0) is 17.2. The topological polar surface area (TPSA) is 78.2 Å². The molecule has 0 amide bonds. The summed E-state index contributed by atoms with van der Waals surface area (Å²) in [7, 11) is 1.62. The third-order valence-electron chi connectivity index (χ3n) is 5.12. The van der Waals surface area contributed by atoms with Gasteiger partial charge in [-0.1, -0.05) is 6.07 Å². The number of anilines is 2. The summed E-state index contributed by atoms with van der Waals surface area (Å²) in [5.74, 6) is 2.83. The van der Waals surface area contributed by atoms with Gasteiger partial charge in [-0.25, -0.2) is 9.97 Å². The molecule has 0 saturated carbocycles. The molecule has 2 aromatic rings. The third-order valence-corrected chi connectivity index (χ3v) is 5.12. The van der Waals surface area contributed by atoms with Gasteiger partial charge in [-0.2, -0.15) is 10.2 Å². The van der Waals surface area contributed by atoms with Crippen LogP contribution >= 0.6 is 0 Å². The Hall–Kier alpha value is -2.88. The molecule has 7 nitrogen and oxygen atoms in total. The summed E-state index contributed by atoms with van der Waals surface area (Å²) in [6.07, 6.45) is 4.01. The molecule has 0 N–H and O–H groups in total. The average molecular weight is 336 g/mol. The molecule has 0 spiro atoms. The Morgan fingerprint density at radius 1 is 1.20 bits per heavy atom. The first kappa shape index (κ1) is 15.6. The highest BCUT2D eigenvalue weighted by molar-refractivity contribution is 5.46. The number of fused-ring (bicyclic) bond motifs is 1. The predicted molar refractivity (Wildman–Crippen MR) is 93.6 cm³/mol. The van der Waals surface area contributed by atoms with Gasteiger partial charge in [-0.15, -0.1) is 0 Å². The molecule has 2 unspecified atom stereocenters. The van der Waals surface area contributed by atoms with Crippen molar-refractivity contribution in [2.75, 3.05) is 36.5 Å². The summed E-state index contributed by atoms with van der Waals surface area (Å²) >= 11 is 0. The first-order valence-corrected chi connectivity index (χ1v) is 8.54. The number of nitrogens with zero attached hydrogens (tertiary/aromatic N) is 6. The second kappa shape index (κ2) is 6.55. The Kier molecular flexibility index (Phi) is 4.10. The van der Waals surface area contributed by atoms with Crippen LogP contribution in [0.4, 0.5) is 11.8 Å². The average Bonchev–Trinajstić information content (AvgIpc) is 3.11. The van der Waals surface area contributed by atoms with Gasteiger partial charge in [0.15, 0.2) is 0 Å². The van der Waals surface area contributed by atoms with E-state index < -0.39 is 0 Å². The fourth-order valence-corrected chi connectivity index (χ4v) is 3.85. The van der Waals surface area contributed by atoms with Gasteiger partial charge in [0.2, 0.25) is 11.8 Å². The molecule has 4 heterocycles. The van der Waals surface area contributed by atoms with Crippen molar-refractivity contribution in [3.8, 4) is 11.9 Å². The quantitative estimate of drug-likeness (QED) is 0.846. The molecule has 0 bridgehead atoms. The minimum Gasteiger partial charge on any atom is -0.481 e. The Morgan fingerprint density at radius 2 is 2.08 bits per heavy atom. The van der Waals surface area contributed by atoms with Gasteiger partial charge in [0, 0.05) is 31.9 Å². The van der Waals surface area contributed by atoms with E-state index in [0.29, 0.717) is 29.5 Å². The zero-order valence-corrected chi connectivity index (χ0v) is 14.2. The van der Waals surface area contributed by atoms with Crippen LogP contribution in [0.25, 0.3) is 0 Å². The highest BCUT2D eigenvalue weighted by atomic mass is 16.5. The van der Waals surface area contributed by atoms with Crippen LogP contribution in [0.3, 0.4) is 0 Å². The van der Waals surface area contributed by atoms with E-state index in [4.69, 9.17) is 10.00 Å². The summed E-state index contributed by atoms with van der Waals surface area (Å²) in [5, 5.41) is 9.11. The van der Waals surface area contributed by atoms with Crippen LogP contribution in [-0.4, -0.2) is 47.7 Å². The first-order chi connectivity index (χ1) is 12.3. The predicted octanol–water partition coefficient (Wildman–Crippen LogP) is 1.86. The van der Waals surface area contributed by atoms with E-state index in [-0.39, 0.29) is 0 Å². The fourth-order valence-electron chi connectivity index (χ4n) is 3.85. The van der Waals surface area contributed by atoms with Gasteiger partial charge in [-0.3, -0.25) is 0 Å². The number of nitriles is 1. The lowest BCUT2D eigenvalue weighted by Gasteiger charge is -2.38. The highest BCUT2D eigenvalue weighted by Crippen LogP contribution is 2.35. The van der Waals surface area contributed by atoms with Gasteiger partial charge in [-0.05, 0) is 30.9 Å². The van der Waals surface area contributed by atoms with Crippen LogP contribution in [0, 0.1) is 17.2 Å². The molecule has 25 heavy (non-hydrogen) atoms. The van der Waals surface area contributed by atoms with Gasteiger partial charge >= 0.3 is 0 Å². The Morgan fingerprint density at radius 3 is 2.92 bits per heavy atom. The SMILES string of the molecule is COc1ccnc(N2CCC3CCN(c4cccc(C#N)n4)C3C2)n1. The number of piperidine rings is 1. The number of aromatic nitrogens is 3. The normalized spacial score (nSPS) is 22.4. The smallest absolute Gasteiger partial charge is 0.228 e. The lowest BCUT2D eigenvalue weighted by Crippen LogP contribution is -2.49. The van der Waals surface area contributed by atoms with E-state index in [2.05, 4.69) is 30.8 Å². The molecule has 2 saturated heterocycles. The van der Waals surface area contributed by atoms with Gasteiger partial charge in [0.1, 0.15) is 17.6 Å². The van der Waals surface area contributed by atoms with E-state index in [1.807, 2.05) is 12.1 Å². The van der Waals surface area contributed by atoms with Crippen molar-refractivity contribution >= 4 is 11.8 Å². The molecule has 2 aliphatic heterocycles. The molecule has 2 aliphatic rings. The fraction of sp³-hybridized carbons (Fsp3) is 0.444. The van der Waals surface area contributed by atoms with Crippen molar-refractivity contribution < 1.29 is 4.74 Å². The molecule has 0 radical (unpaired) electrons. The Balaban J connectivity index is 1.57. The molecule has 0 aliphatic carbocycles. The first-order valence-electron chi connectivity index (χ1n) is 8.54. The number of hydrogen-bond acceptors (Lipinski definition) is 7. The van der Waals surface area contributed by atoms with Crippen molar-refractivity contribution in [3.63, 3.8) is 0 Å². The van der Waals surface area contributed by atoms with Crippen LogP contribution in [0.1, 0.15) is 18.5 Å². The van der Waals surface area contributed by atoms with Gasteiger partial charge < -0.3 is 14.5 Å². The highest BCUT2D eigenvalue weighted by Gasteiger charge is 2.39. The zero-order valence-electron chi connectivity index (χ0n) is 14.2. The molecule has 7 heteroatoms. The molecule has 0 aromatic carbocycles. The van der Waals surface area contributed by atoms with E-state index in [0.717, 1.165) is 38.3 Å². The van der Waals surface area contributed by atoms with Crippen LogP contribution in [-0.2, 0) is 0 Å². The number of methoxy groups -OCH3 is 1. The second-order valence-electron chi connectivity index (χ2n) is 6.44. The third kappa shape index (κ3) is 2.95. The standard InChI is InChI=1S/C18H20N6O/c1-25-17-5-8-20-18(22-17)23-9-6-13-7-10-24(15(13)12-23)16-4-2-3-14(11-19)21-16/h2-5,8,13,15H,6-7,9-10,12H2,1H3. The molecular formula is C18H20N6O. The number of ether oxygens (including phenoxy) is 1. The molecule has 2 aromatic heterocycles. The largest absolute Gasteiger partial charge is 0.481 e. The van der Waals surface area contributed by atoms with Crippen LogP contribution in [0.5, 0.6) is 5.88 Å². The maximum atomic E-state index is 9.11. The number of pyridine rings is 1. The van der Waals surface area contributed by atoms with Crippen molar-refractivity contribution in [1.29, 1.82) is 5.26 Å². The van der Waals surface area contributed by atoms with Gasteiger partial charge in [0.25, 0.3) is 0 Å². The molecule has 128 valence electrons. The summed E-state index contributed by atoms with van der Waals surface area (Å²) in [4.78, 5) is 17.9. The molecule has 2 fully saturated rings. The summed E-state index contributed by atoms with van der Waals surface area (Å²) < 4.78 is 5.22. The van der Waals surface area contributed by atoms with Crippen molar-refractivity contribution in [2.45, 2.75) is 18.9 Å². The van der Waals surface area contributed by atoms with E-state index >= 15 is 0 Å². The molecular weight excluding hydrogens is 316 g/mol. The lowest BCUT2D eigenvalue weighted by molar-refractivity contribution is 0.379. The van der Waals surface area contributed by atoms with Crippen LogP contribution < -0.4 is 14.5 Å². The minimum atomic E-state index is 0.366. The van der Waals surface area contributed by atoms with Crippen molar-refractivity contribution in [1.82, 2.24) is 15.0 Å². The Bertz CT molecular complexity index is 804. The van der Waals surface area contributed by atoms with E-state index in [9.17, 15) is 0 Å². The molecule has 2 atom stereocenters. The summed E-state index contributed by atoms with van der Waals surface area (Å²) in [6.45, 7) is 2.79. The van der Waals surface area contributed by atoms with Crippen LogP contribution in [0.15, 0.2) is 30.5 Å². The number of hydrogen-bond donors (Lipinski definition) is 0. The van der Waals surface area contributed by atoms with E-state index in [1.54, 1.807) is 25.4 Å². The van der Waals surface area contributed by atoms with E-state index in [1.165, 1.54) is 0 Å². The monoisotopic (exact) mass is 336 g/mol. The molecule has 4 rings (SSSR count). The lowest BCUT2D eigenvalue weighted by atomic mass is 9.92. The van der Waals surface area contributed by atoms with Crippen LogP contribution in [0.2, 0.25) is 0 Å².